The molecule has 38 heavy (non-hydrogen) atoms. The van der Waals surface area contributed by atoms with E-state index in [0.29, 0.717) is 13.0 Å². The van der Waals surface area contributed by atoms with Gasteiger partial charge in [0.15, 0.2) is 5.78 Å². The minimum absolute atomic E-state index is 0.0927. The molecule has 1 aliphatic carbocycles. The minimum Gasteiger partial charge on any atom is -0.497 e. The molecule has 0 radical (unpaired) electrons. The second-order valence-corrected chi connectivity index (χ2v) is 9.75. The van der Waals surface area contributed by atoms with Gasteiger partial charge in [-0.2, -0.15) is 0 Å². The first kappa shape index (κ1) is 23.9. The number of nitrogens with one attached hydrogen (secondary N) is 2. The molecule has 2 atom stereocenters. The van der Waals surface area contributed by atoms with E-state index in [9.17, 15) is 4.79 Å². The number of anilines is 2. The molecule has 190 valence electrons. The van der Waals surface area contributed by atoms with Gasteiger partial charge in [0.2, 0.25) is 0 Å². The molecular weight excluding hydrogens is 472 g/mol. The summed E-state index contributed by atoms with van der Waals surface area (Å²) < 4.78 is 11.7. The Morgan fingerprint density at radius 2 is 1.50 bits per heavy atom. The number of allylic oxidation sites excluding steroid dienone is 1. The van der Waals surface area contributed by atoms with E-state index >= 15 is 0 Å². The maximum absolute atomic E-state index is 13.9. The van der Waals surface area contributed by atoms with Crippen LogP contribution in [0.1, 0.15) is 41.5 Å². The number of hydrogen-bond donors (Lipinski definition) is 2. The fourth-order valence-corrected chi connectivity index (χ4v) is 5.42. The molecule has 0 saturated carbocycles. The number of rotatable bonds is 6. The summed E-state index contributed by atoms with van der Waals surface area (Å²) in [6, 6.07) is 34.0. The molecule has 0 aromatic heterocycles. The highest BCUT2D eigenvalue weighted by Gasteiger charge is 2.37. The number of benzene rings is 4. The summed E-state index contributed by atoms with van der Waals surface area (Å²) in [5.41, 5.74) is 6.85. The second-order valence-electron chi connectivity index (χ2n) is 9.75. The molecule has 5 heteroatoms. The van der Waals surface area contributed by atoms with Crippen molar-refractivity contribution in [3.05, 3.63) is 131 Å². The Hall–Kier alpha value is -4.51. The standard InChI is InChI=1S/C33H30N2O3/c1-37-25-17-15-23(16-18-25)24-19-29-32(30(36)20-24)33(35-28-13-7-6-12-27(28)34-29)26-11-5-8-14-31(26)38-21-22-9-3-2-4-10-22/h2-18,24,33-35H,19-21H2,1H3/t24-,33-/m1/s1. The molecule has 1 heterocycles. The third kappa shape index (κ3) is 4.75. The van der Waals surface area contributed by atoms with Gasteiger partial charge in [-0.05, 0) is 53.8 Å². The van der Waals surface area contributed by atoms with Crippen molar-refractivity contribution >= 4 is 17.2 Å². The molecule has 0 saturated heterocycles. The molecule has 5 nitrogen and oxygen atoms in total. The molecule has 0 spiro atoms. The number of carbonyl (C=O) groups is 1. The van der Waals surface area contributed by atoms with Crippen molar-refractivity contribution in [3.63, 3.8) is 0 Å². The van der Waals surface area contributed by atoms with Crippen molar-refractivity contribution in [2.24, 2.45) is 0 Å². The molecule has 2 aliphatic rings. The zero-order valence-electron chi connectivity index (χ0n) is 21.3. The molecule has 4 aromatic rings. The van der Waals surface area contributed by atoms with E-state index in [1.54, 1.807) is 7.11 Å². The molecule has 0 unspecified atom stereocenters. The first-order valence-electron chi connectivity index (χ1n) is 13.0. The average molecular weight is 503 g/mol. The summed E-state index contributed by atoms with van der Waals surface area (Å²) in [6.45, 7) is 0.457. The molecular formula is C33H30N2O3. The topological polar surface area (TPSA) is 59.6 Å². The summed E-state index contributed by atoms with van der Waals surface area (Å²) in [5, 5.41) is 7.30. The zero-order valence-corrected chi connectivity index (χ0v) is 21.3. The number of Topliss-reactive ketones (excluding diaryl/α,β-unsaturated/α-hetero) is 1. The number of para-hydroxylation sites is 3. The molecule has 0 bridgehead atoms. The SMILES string of the molecule is COc1ccc([C@H]2CC(=O)C3=C(C2)Nc2ccccc2N[C@@H]3c2ccccc2OCc2ccccc2)cc1. The first-order chi connectivity index (χ1) is 18.7. The van der Waals surface area contributed by atoms with E-state index in [-0.39, 0.29) is 17.7 Å². The van der Waals surface area contributed by atoms with Crippen LogP contribution >= 0.6 is 0 Å². The number of carbonyl (C=O) groups excluding carboxylic acids is 1. The zero-order chi connectivity index (χ0) is 25.9. The average Bonchev–Trinajstić information content (AvgIpc) is 3.14. The predicted octanol–water partition coefficient (Wildman–Crippen LogP) is 7.25. The van der Waals surface area contributed by atoms with Gasteiger partial charge in [0.05, 0.1) is 24.5 Å². The van der Waals surface area contributed by atoms with E-state index in [4.69, 9.17) is 9.47 Å². The van der Waals surface area contributed by atoms with Crippen molar-refractivity contribution in [2.75, 3.05) is 17.7 Å². The number of methoxy groups -OCH3 is 1. The van der Waals surface area contributed by atoms with Crippen molar-refractivity contribution in [2.45, 2.75) is 31.4 Å². The van der Waals surface area contributed by atoms with Crippen LogP contribution in [0.3, 0.4) is 0 Å². The third-order valence-corrected chi connectivity index (χ3v) is 7.36. The summed E-state index contributed by atoms with van der Waals surface area (Å²) >= 11 is 0. The Labute approximate surface area is 223 Å². The van der Waals surface area contributed by atoms with Gasteiger partial charge in [-0.1, -0.05) is 72.8 Å². The Bertz CT molecular complexity index is 1480. The molecule has 4 aromatic carbocycles. The Morgan fingerprint density at radius 3 is 2.29 bits per heavy atom. The fraction of sp³-hybridized carbons (Fsp3) is 0.182. The number of ether oxygens (including phenoxy) is 2. The normalized spacial score (nSPS) is 18.4. The lowest BCUT2D eigenvalue weighted by Crippen LogP contribution is -2.27. The number of fused-ring (bicyclic) bond motifs is 1. The smallest absolute Gasteiger partial charge is 0.163 e. The number of hydrogen-bond acceptors (Lipinski definition) is 5. The van der Waals surface area contributed by atoms with Gasteiger partial charge in [0.25, 0.3) is 0 Å². The highest BCUT2D eigenvalue weighted by molar-refractivity contribution is 6.01. The van der Waals surface area contributed by atoms with Gasteiger partial charge in [-0.25, -0.2) is 0 Å². The van der Waals surface area contributed by atoms with Gasteiger partial charge in [-0.15, -0.1) is 0 Å². The molecule has 1 aliphatic heterocycles. The monoisotopic (exact) mass is 502 g/mol. The molecule has 6 rings (SSSR count). The van der Waals surface area contributed by atoms with Crippen LogP contribution in [0.15, 0.2) is 114 Å². The van der Waals surface area contributed by atoms with Crippen molar-refractivity contribution in [1.29, 1.82) is 0 Å². The first-order valence-corrected chi connectivity index (χ1v) is 13.0. The van der Waals surface area contributed by atoms with E-state index < -0.39 is 0 Å². The second kappa shape index (κ2) is 10.5. The summed E-state index contributed by atoms with van der Waals surface area (Å²) in [4.78, 5) is 13.9. The Morgan fingerprint density at radius 1 is 0.789 bits per heavy atom. The fourth-order valence-electron chi connectivity index (χ4n) is 5.42. The van der Waals surface area contributed by atoms with Crippen LogP contribution in [-0.4, -0.2) is 12.9 Å². The lowest BCUT2D eigenvalue weighted by Gasteiger charge is -2.30. The van der Waals surface area contributed by atoms with Gasteiger partial charge in [0, 0.05) is 23.3 Å². The molecule has 0 fully saturated rings. The quantitative estimate of drug-likeness (QED) is 0.291. The van der Waals surface area contributed by atoms with E-state index in [2.05, 4.69) is 47.0 Å². The van der Waals surface area contributed by atoms with Crippen LogP contribution in [0.4, 0.5) is 11.4 Å². The maximum atomic E-state index is 13.9. The van der Waals surface area contributed by atoms with Crippen LogP contribution in [0.5, 0.6) is 11.5 Å². The lowest BCUT2D eigenvalue weighted by molar-refractivity contribution is -0.116. The van der Waals surface area contributed by atoms with E-state index in [0.717, 1.165) is 57.3 Å². The van der Waals surface area contributed by atoms with Crippen molar-refractivity contribution < 1.29 is 14.3 Å². The van der Waals surface area contributed by atoms with E-state index in [1.807, 2.05) is 66.7 Å². The van der Waals surface area contributed by atoms with Crippen LogP contribution in [0, 0.1) is 0 Å². The largest absolute Gasteiger partial charge is 0.497 e. The predicted molar refractivity (Wildman–Crippen MR) is 151 cm³/mol. The van der Waals surface area contributed by atoms with Crippen LogP contribution in [0.25, 0.3) is 0 Å². The van der Waals surface area contributed by atoms with Crippen LogP contribution in [0.2, 0.25) is 0 Å². The van der Waals surface area contributed by atoms with Gasteiger partial charge >= 0.3 is 0 Å². The van der Waals surface area contributed by atoms with Crippen LogP contribution in [-0.2, 0) is 11.4 Å². The Kier molecular flexibility index (Phi) is 6.57. The van der Waals surface area contributed by atoms with Crippen LogP contribution < -0.4 is 20.1 Å². The van der Waals surface area contributed by atoms with E-state index in [1.165, 1.54) is 0 Å². The number of ketones is 1. The minimum atomic E-state index is -0.336. The summed E-state index contributed by atoms with van der Waals surface area (Å²) in [5.74, 6) is 1.82. The summed E-state index contributed by atoms with van der Waals surface area (Å²) in [7, 11) is 1.66. The van der Waals surface area contributed by atoms with Crippen molar-refractivity contribution in [1.82, 2.24) is 0 Å². The Balaban J connectivity index is 1.39. The van der Waals surface area contributed by atoms with Crippen molar-refractivity contribution in [3.8, 4) is 11.5 Å². The van der Waals surface area contributed by atoms with Gasteiger partial charge in [-0.3, -0.25) is 4.79 Å². The lowest BCUT2D eigenvalue weighted by atomic mass is 9.78. The molecule has 0 amide bonds. The maximum Gasteiger partial charge on any atom is 0.163 e. The third-order valence-electron chi connectivity index (χ3n) is 7.36. The molecule has 2 N–H and O–H groups in total. The van der Waals surface area contributed by atoms with Gasteiger partial charge < -0.3 is 20.1 Å². The highest BCUT2D eigenvalue weighted by atomic mass is 16.5. The summed E-state index contributed by atoms with van der Waals surface area (Å²) in [6.07, 6.45) is 1.20. The highest BCUT2D eigenvalue weighted by Crippen LogP contribution is 2.46. The van der Waals surface area contributed by atoms with Gasteiger partial charge in [0.1, 0.15) is 18.1 Å².